The van der Waals surface area contributed by atoms with Crippen LogP contribution in [-0.2, 0) is 19.4 Å². The van der Waals surface area contributed by atoms with Gasteiger partial charge in [0, 0.05) is 23.4 Å². The van der Waals surface area contributed by atoms with Gasteiger partial charge in [-0.1, -0.05) is 36.8 Å². The van der Waals surface area contributed by atoms with Gasteiger partial charge in [0.1, 0.15) is 17.9 Å². The molecule has 4 nitrogen and oxygen atoms in total. The highest BCUT2D eigenvalue weighted by atomic mass is 16.5. The van der Waals surface area contributed by atoms with E-state index in [-0.39, 0.29) is 5.63 Å². The van der Waals surface area contributed by atoms with E-state index in [0.717, 1.165) is 42.6 Å². The predicted molar refractivity (Wildman–Crippen MR) is 104 cm³/mol. The summed E-state index contributed by atoms with van der Waals surface area (Å²) in [5.41, 5.74) is 5.05. The standard InChI is InChI=1S/C22H25NO3/c1-4-16-6-7-19-18(13-22(24)26-21(19)12-16)14-23-10-9-17-11-15(2)5-8-20(17)25-3/h5-8,11-13,23H,4,9-10,14H2,1-3H3/p+1. The Bertz CT molecular complexity index is 959. The van der Waals surface area contributed by atoms with Crippen molar-refractivity contribution in [2.45, 2.75) is 33.2 Å². The number of hydrogen-bond acceptors (Lipinski definition) is 3. The molecular formula is C22H26NO3+. The molecule has 0 aliphatic rings. The van der Waals surface area contributed by atoms with Crippen LogP contribution in [0.3, 0.4) is 0 Å². The van der Waals surface area contributed by atoms with Crippen molar-refractivity contribution in [3.63, 3.8) is 0 Å². The maximum atomic E-state index is 11.9. The van der Waals surface area contributed by atoms with Crippen LogP contribution in [0.25, 0.3) is 11.0 Å². The summed E-state index contributed by atoms with van der Waals surface area (Å²) in [5, 5.41) is 3.25. The van der Waals surface area contributed by atoms with Crippen molar-refractivity contribution < 1.29 is 14.5 Å². The van der Waals surface area contributed by atoms with Crippen LogP contribution in [-0.4, -0.2) is 13.7 Å². The zero-order chi connectivity index (χ0) is 18.5. The maximum absolute atomic E-state index is 11.9. The van der Waals surface area contributed by atoms with Crippen LogP contribution in [0.2, 0.25) is 0 Å². The van der Waals surface area contributed by atoms with E-state index in [1.807, 2.05) is 12.1 Å². The lowest BCUT2D eigenvalue weighted by molar-refractivity contribution is -0.670. The first-order valence-corrected chi connectivity index (χ1v) is 9.11. The number of benzene rings is 2. The Morgan fingerprint density at radius 1 is 1.08 bits per heavy atom. The lowest BCUT2D eigenvalue weighted by atomic mass is 10.1. The third-order valence-corrected chi connectivity index (χ3v) is 4.72. The fourth-order valence-corrected chi connectivity index (χ4v) is 3.28. The highest BCUT2D eigenvalue weighted by Crippen LogP contribution is 2.20. The van der Waals surface area contributed by atoms with E-state index in [1.54, 1.807) is 13.2 Å². The Labute approximate surface area is 153 Å². The topological polar surface area (TPSA) is 56.0 Å². The number of ether oxygens (including phenoxy) is 1. The van der Waals surface area contributed by atoms with Crippen molar-refractivity contribution in [1.29, 1.82) is 0 Å². The van der Waals surface area contributed by atoms with E-state index >= 15 is 0 Å². The molecule has 3 aromatic rings. The van der Waals surface area contributed by atoms with Crippen LogP contribution in [0.5, 0.6) is 5.75 Å². The summed E-state index contributed by atoms with van der Waals surface area (Å²) in [6.45, 7) is 5.86. The predicted octanol–water partition coefficient (Wildman–Crippen LogP) is 2.98. The molecule has 0 fully saturated rings. The minimum Gasteiger partial charge on any atom is -0.496 e. The summed E-state index contributed by atoms with van der Waals surface area (Å²) >= 11 is 0. The molecular weight excluding hydrogens is 326 g/mol. The first-order valence-electron chi connectivity index (χ1n) is 9.11. The molecule has 0 bridgehead atoms. The molecule has 2 aromatic carbocycles. The van der Waals surface area contributed by atoms with Crippen LogP contribution >= 0.6 is 0 Å². The van der Waals surface area contributed by atoms with E-state index in [1.165, 1.54) is 16.7 Å². The van der Waals surface area contributed by atoms with Gasteiger partial charge < -0.3 is 14.5 Å². The minimum absolute atomic E-state index is 0.283. The van der Waals surface area contributed by atoms with Crippen LogP contribution in [0.15, 0.2) is 51.7 Å². The number of aryl methyl sites for hydroxylation is 2. The molecule has 26 heavy (non-hydrogen) atoms. The molecule has 1 heterocycles. The van der Waals surface area contributed by atoms with Gasteiger partial charge in [-0.25, -0.2) is 4.79 Å². The minimum atomic E-state index is -0.283. The molecule has 0 radical (unpaired) electrons. The van der Waals surface area contributed by atoms with E-state index in [9.17, 15) is 4.79 Å². The number of methoxy groups -OCH3 is 1. The number of fused-ring (bicyclic) bond motifs is 1. The number of hydrogen-bond donors (Lipinski definition) is 1. The largest absolute Gasteiger partial charge is 0.496 e. The molecule has 0 saturated carbocycles. The average molecular weight is 352 g/mol. The molecule has 0 amide bonds. The average Bonchev–Trinajstić information content (AvgIpc) is 2.64. The highest BCUT2D eigenvalue weighted by molar-refractivity contribution is 5.80. The van der Waals surface area contributed by atoms with Crippen molar-refractivity contribution in [2.75, 3.05) is 13.7 Å². The summed E-state index contributed by atoms with van der Waals surface area (Å²) in [5.74, 6) is 0.932. The van der Waals surface area contributed by atoms with Gasteiger partial charge in [-0.3, -0.25) is 0 Å². The van der Waals surface area contributed by atoms with Gasteiger partial charge in [-0.2, -0.15) is 0 Å². The van der Waals surface area contributed by atoms with Crippen molar-refractivity contribution in [2.24, 2.45) is 0 Å². The second-order valence-corrected chi connectivity index (χ2v) is 6.62. The number of nitrogens with two attached hydrogens (primary N) is 1. The van der Waals surface area contributed by atoms with E-state index in [2.05, 4.69) is 43.4 Å². The molecule has 2 N–H and O–H groups in total. The molecule has 0 saturated heterocycles. The number of rotatable bonds is 7. The summed E-state index contributed by atoms with van der Waals surface area (Å²) in [6.07, 6.45) is 1.85. The van der Waals surface area contributed by atoms with Crippen LogP contribution < -0.4 is 15.7 Å². The summed E-state index contributed by atoms with van der Waals surface area (Å²) in [6, 6.07) is 14.0. The second-order valence-electron chi connectivity index (χ2n) is 6.62. The smallest absolute Gasteiger partial charge is 0.336 e. The Morgan fingerprint density at radius 3 is 2.69 bits per heavy atom. The van der Waals surface area contributed by atoms with Crippen molar-refractivity contribution in [1.82, 2.24) is 0 Å². The monoisotopic (exact) mass is 352 g/mol. The van der Waals surface area contributed by atoms with Gasteiger partial charge in [0.15, 0.2) is 0 Å². The first kappa shape index (κ1) is 18.2. The normalized spacial score (nSPS) is 11.0. The fourth-order valence-electron chi connectivity index (χ4n) is 3.28. The summed E-state index contributed by atoms with van der Waals surface area (Å²) in [4.78, 5) is 11.9. The molecule has 1 aromatic heterocycles. The first-order chi connectivity index (χ1) is 12.6. The van der Waals surface area contributed by atoms with Crippen LogP contribution in [0, 0.1) is 6.92 Å². The van der Waals surface area contributed by atoms with Gasteiger partial charge in [-0.05, 0) is 36.6 Å². The zero-order valence-corrected chi connectivity index (χ0v) is 15.7. The molecule has 0 aliphatic carbocycles. The molecule has 0 unspecified atom stereocenters. The molecule has 3 rings (SSSR count). The molecule has 0 spiro atoms. The quantitative estimate of drug-likeness (QED) is 0.525. The van der Waals surface area contributed by atoms with E-state index in [4.69, 9.17) is 9.15 Å². The lowest BCUT2D eigenvalue weighted by Gasteiger charge is -2.09. The summed E-state index contributed by atoms with van der Waals surface area (Å²) < 4.78 is 10.8. The Kier molecular flexibility index (Phi) is 5.74. The van der Waals surface area contributed by atoms with Crippen LogP contribution in [0.1, 0.15) is 29.2 Å². The SMILES string of the molecule is CCc1ccc2c(C[NH2+]CCc3cc(C)ccc3OC)cc(=O)oc2c1. The third-order valence-electron chi connectivity index (χ3n) is 4.72. The van der Waals surface area contributed by atoms with Crippen molar-refractivity contribution >= 4 is 11.0 Å². The van der Waals surface area contributed by atoms with Gasteiger partial charge in [0.2, 0.25) is 0 Å². The van der Waals surface area contributed by atoms with Gasteiger partial charge in [-0.15, -0.1) is 0 Å². The van der Waals surface area contributed by atoms with Gasteiger partial charge in [0.25, 0.3) is 0 Å². The van der Waals surface area contributed by atoms with Crippen molar-refractivity contribution in [3.8, 4) is 5.75 Å². The van der Waals surface area contributed by atoms with Gasteiger partial charge in [0.05, 0.1) is 13.7 Å². The zero-order valence-electron chi connectivity index (χ0n) is 15.7. The molecule has 0 aliphatic heterocycles. The third kappa shape index (κ3) is 4.14. The van der Waals surface area contributed by atoms with E-state index in [0.29, 0.717) is 5.58 Å². The molecule has 136 valence electrons. The maximum Gasteiger partial charge on any atom is 0.336 e. The van der Waals surface area contributed by atoms with Gasteiger partial charge >= 0.3 is 5.63 Å². The fraction of sp³-hybridized carbons (Fsp3) is 0.318. The summed E-state index contributed by atoms with van der Waals surface area (Å²) in [7, 11) is 1.71. The Morgan fingerprint density at radius 2 is 1.92 bits per heavy atom. The molecule has 0 atom stereocenters. The van der Waals surface area contributed by atoms with Crippen molar-refractivity contribution in [3.05, 3.63) is 75.1 Å². The highest BCUT2D eigenvalue weighted by Gasteiger charge is 2.09. The van der Waals surface area contributed by atoms with Crippen LogP contribution in [0.4, 0.5) is 0 Å². The Balaban J connectivity index is 1.70. The lowest BCUT2D eigenvalue weighted by Crippen LogP contribution is -2.83. The Hall–Kier alpha value is -2.59. The second kappa shape index (κ2) is 8.19. The van der Waals surface area contributed by atoms with E-state index < -0.39 is 0 Å². The molecule has 4 heteroatoms. The number of quaternary nitrogens is 1.